The third-order valence-corrected chi connectivity index (χ3v) is 3.46. The largest absolute Gasteiger partial charge is 0.465 e. The molecule has 27 heavy (non-hydrogen) atoms. The Balaban J connectivity index is 3.00. The molecule has 0 aliphatic carbocycles. The van der Waals surface area contributed by atoms with Crippen LogP contribution in [0.15, 0.2) is 12.3 Å². The first-order valence-corrected chi connectivity index (χ1v) is 8.60. The fourth-order valence-corrected chi connectivity index (χ4v) is 2.31. The Morgan fingerprint density at radius 2 is 2.04 bits per heavy atom. The van der Waals surface area contributed by atoms with Crippen LogP contribution in [0.5, 0.6) is 0 Å². The number of hydrazine groups is 1. The molecule has 1 rings (SSSR count). The topological polar surface area (TPSA) is 134 Å². The third-order valence-electron chi connectivity index (χ3n) is 3.46. The minimum atomic E-state index is -1.14. The zero-order valence-electron chi connectivity index (χ0n) is 16.4. The van der Waals surface area contributed by atoms with Crippen LogP contribution in [-0.2, 0) is 0 Å². The number of hydrogen-bond acceptors (Lipinski definition) is 6. The molecule has 0 atom stereocenters. The van der Waals surface area contributed by atoms with Gasteiger partial charge in [-0.25, -0.2) is 20.0 Å². The van der Waals surface area contributed by atoms with Crippen molar-refractivity contribution in [1.29, 1.82) is 5.26 Å². The molecule has 0 aliphatic rings. The zero-order chi connectivity index (χ0) is 20.6. The molecule has 0 bridgehead atoms. The summed E-state index contributed by atoms with van der Waals surface area (Å²) in [6.45, 7) is 10.3. The summed E-state index contributed by atoms with van der Waals surface area (Å²) in [6, 6.07) is 3.09. The van der Waals surface area contributed by atoms with Crippen LogP contribution in [0.25, 0.3) is 0 Å². The minimum Gasteiger partial charge on any atom is -0.465 e. The van der Waals surface area contributed by atoms with Gasteiger partial charge >= 0.3 is 12.1 Å². The Morgan fingerprint density at radius 3 is 2.56 bits per heavy atom. The maximum Gasteiger partial charge on any atom is 0.404 e. The number of carboxylic acid groups (broad SMARTS) is 1. The van der Waals surface area contributed by atoms with Crippen LogP contribution in [0.4, 0.5) is 15.4 Å². The SMILES string of the molecule is CC(C)CN(NC(=O)N(CCNC(=O)O)C(C)(C)C)c1ccnc(C#N)n1. The van der Waals surface area contributed by atoms with Crippen molar-refractivity contribution in [2.24, 2.45) is 5.92 Å². The van der Waals surface area contributed by atoms with Crippen LogP contribution >= 0.6 is 0 Å². The van der Waals surface area contributed by atoms with Crippen LogP contribution < -0.4 is 15.8 Å². The van der Waals surface area contributed by atoms with E-state index in [0.717, 1.165) is 0 Å². The summed E-state index contributed by atoms with van der Waals surface area (Å²) in [7, 11) is 0. The monoisotopic (exact) mass is 377 g/mol. The van der Waals surface area contributed by atoms with Crippen LogP contribution in [-0.4, -0.2) is 57.3 Å². The Bertz CT molecular complexity index is 695. The van der Waals surface area contributed by atoms with Gasteiger partial charge in [0.2, 0.25) is 5.82 Å². The molecule has 0 saturated carbocycles. The smallest absolute Gasteiger partial charge is 0.404 e. The average molecular weight is 377 g/mol. The summed E-state index contributed by atoms with van der Waals surface area (Å²) >= 11 is 0. The van der Waals surface area contributed by atoms with Crippen LogP contribution in [0.3, 0.4) is 0 Å². The van der Waals surface area contributed by atoms with Crippen molar-refractivity contribution in [3.63, 3.8) is 0 Å². The van der Waals surface area contributed by atoms with E-state index in [1.165, 1.54) is 11.1 Å². The lowest BCUT2D eigenvalue weighted by Gasteiger charge is -2.37. The number of carbonyl (C=O) groups is 2. The molecular formula is C17H27N7O3. The summed E-state index contributed by atoms with van der Waals surface area (Å²) in [5, 5.41) is 21.6. The average Bonchev–Trinajstić information content (AvgIpc) is 2.56. The predicted octanol–water partition coefficient (Wildman–Crippen LogP) is 1.80. The van der Waals surface area contributed by atoms with E-state index in [0.29, 0.717) is 12.4 Å². The van der Waals surface area contributed by atoms with Crippen molar-refractivity contribution in [2.45, 2.75) is 40.2 Å². The van der Waals surface area contributed by atoms with Gasteiger partial charge in [0.1, 0.15) is 6.07 Å². The van der Waals surface area contributed by atoms with Crippen molar-refractivity contribution in [2.75, 3.05) is 24.6 Å². The first-order valence-electron chi connectivity index (χ1n) is 8.60. The quantitative estimate of drug-likeness (QED) is 0.617. The number of nitriles is 1. The number of hydrogen-bond donors (Lipinski definition) is 3. The number of aromatic nitrogens is 2. The Kier molecular flexibility index (Phi) is 7.78. The summed E-state index contributed by atoms with van der Waals surface area (Å²) in [5.74, 6) is 0.623. The van der Waals surface area contributed by atoms with E-state index < -0.39 is 17.7 Å². The lowest BCUT2D eigenvalue weighted by molar-refractivity contribution is 0.142. The van der Waals surface area contributed by atoms with Gasteiger partial charge in [-0.15, -0.1) is 0 Å². The van der Waals surface area contributed by atoms with E-state index in [2.05, 4.69) is 20.7 Å². The van der Waals surface area contributed by atoms with Gasteiger partial charge in [0.05, 0.1) is 0 Å². The second kappa shape index (κ2) is 9.56. The summed E-state index contributed by atoms with van der Waals surface area (Å²) in [4.78, 5) is 33.1. The third kappa shape index (κ3) is 7.35. The molecule has 0 spiro atoms. The summed E-state index contributed by atoms with van der Waals surface area (Å²) < 4.78 is 0. The van der Waals surface area contributed by atoms with Crippen molar-refractivity contribution in [3.8, 4) is 6.07 Å². The second-order valence-corrected chi connectivity index (χ2v) is 7.33. The fraction of sp³-hybridized carbons (Fsp3) is 0.588. The number of carbonyl (C=O) groups excluding carboxylic acids is 1. The molecule has 0 saturated heterocycles. The molecule has 0 fully saturated rings. The highest BCUT2D eigenvalue weighted by atomic mass is 16.4. The normalized spacial score (nSPS) is 10.9. The van der Waals surface area contributed by atoms with Gasteiger partial charge in [0.25, 0.3) is 0 Å². The standard InChI is InChI=1S/C17H27N7O3/c1-12(2)11-24(14-6-7-19-13(10-18)21-14)22-15(25)23(17(3,4)5)9-8-20-16(26)27/h6-7,12,20H,8-9,11H2,1-5H3,(H,22,25)(H,26,27). The van der Waals surface area contributed by atoms with Crippen LogP contribution in [0.1, 0.15) is 40.4 Å². The van der Waals surface area contributed by atoms with E-state index in [-0.39, 0.29) is 24.8 Å². The molecule has 1 heterocycles. The number of nitrogens with zero attached hydrogens (tertiary/aromatic N) is 5. The van der Waals surface area contributed by atoms with Gasteiger partial charge in [0, 0.05) is 37.4 Å². The van der Waals surface area contributed by atoms with Crippen LogP contribution in [0, 0.1) is 17.2 Å². The molecule has 1 aromatic rings. The molecule has 0 unspecified atom stereocenters. The summed E-state index contributed by atoms with van der Waals surface area (Å²) in [5.41, 5.74) is 2.28. The second-order valence-electron chi connectivity index (χ2n) is 7.33. The minimum absolute atomic E-state index is 0.00819. The Labute approximate surface area is 159 Å². The molecular weight excluding hydrogens is 350 g/mol. The molecule has 3 amide bonds. The highest BCUT2D eigenvalue weighted by molar-refractivity contribution is 5.77. The van der Waals surface area contributed by atoms with Crippen molar-refractivity contribution in [1.82, 2.24) is 25.6 Å². The molecule has 10 heteroatoms. The Morgan fingerprint density at radius 1 is 1.37 bits per heavy atom. The van der Waals surface area contributed by atoms with Crippen molar-refractivity contribution in [3.05, 3.63) is 18.1 Å². The Hall–Kier alpha value is -3.09. The first-order chi connectivity index (χ1) is 12.5. The van der Waals surface area contributed by atoms with Gasteiger partial charge in [-0.3, -0.25) is 5.01 Å². The molecule has 10 nitrogen and oxygen atoms in total. The van der Waals surface area contributed by atoms with E-state index in [1.54, 1.807) is 11.1 Å². The molecule has 1 aromatic heterocycles. The lowest BCUT2D eigenvalue weighted by atomic mass is 10.1. The molecule has 0 aliphatic heterocycles. The molecule has 3 N–H and O–H groups in total. The van der Waals surface area contributed by atoms with Crippen molar-refractivity contribution < 1.29 is 14.7 Å². The van der Waals surface area contributed by atoms with E-state index in [4.69, 9.17) is 10.4 Å². The zero-order valence-corrected chi connectivity index (χ0v) is 16.4. The number of urea groups is 1. The predicted molar refractivity (Wildman–Crippen MR) is 99.9 cm³/mol. The molecule has 0 radical (unpaired) electrons. The van der Waals surface area contributed by atoms with Gasteiger partial charge in [-0.1, -0.05) is 13.8 Å². The first kappa shape index (κ1) is 22.0. The van der Waals surface area contributed by atoms with Crippen molar-refractivity contribution >= 4 is 17.9 Å². The van der Waals surface area contributed by atoms with E-state index in [9.17, 15) is 9.59 Å². The highest BCUT2D eigenvalue weighted by Gasteiger charge is 2.28. The summed E-state index contributed by atoms with van der Waals surface area (Å²) in [6.07, 6.45) is 0.314. The molecule has 148 valence electrons. The number of nitrogens with one attached hydrogen (secondary N) is 2. The van der Waals surface area contributed by atoms with Gasteiger partial charge in [-0.05, 0) is 26.7 Å². The maximum absolute atomic E-state index is 12.9. The van der Waals surface area contributed by atoms with Gasteiger partial charge in [-0.2, -0.15) is 10.2 Å². The van der Waals surface area contributed by atoms with E-state index in [1.807, 2.05) is 40.7 Å². The van der Waals surface area contributed by atoms with Gasteiger partial charge < -0.3 is 15.3 Å². The highest BCUT2D eigenvalue weighted by Crippen LogP contribution is 2.15. The number of amides is 3. The van der Waals surface area contributed by atoms with E-state index >= 15 is 0 Å². The van der Waals surface area contributed by atoms with Crippen LogP contribution in [0.2, 0.25) is 0 Å². The maximum atomic E-state index is 12.9. The lowest BCUT2D eigenvalue weighted by Crippen LogP contribution is -2.57. The van der Waals surface area contributed by atoms with Gasteiger partial charge in [0.15, 0.2) is 5.82 Å². The number of anilines is 1. The molecule has 0 aromatic carbocycles. The number of rotatable bonds is 7. The fourth-order valence-electron chi connectivity index (χ4n) is 2.31.